The minimum Gasteiger partial charge on any atom is -0.444 e. The highest BCUT2D eigenvalue weighted by Crippen LogP contribution is 2.20. The molecule has 1 amide bonds. The summed E-state index contributed by atoms with van der Waals surface area (Å²) in [5.74, 6) is 0.593. The highest BCUT2D eigenvalue weighted by molar-refractivity contribution is 5.68. The molecule has 0 aromatic carbocycles. The molecule has 104 valence electrons. The minimum absolute atomic E-state index is 0.289. The molecule has 1 aliphatic rings. The maximum Gasteiger partial charge on any atom is 0.410 e. The van der Waals surface area contributed by atoms with E-state index in [0.29, 0.717) is 25.5 Å². The van der Waals surface area contributed by atoms with Gasteiger partial charge in [0.15, 0.2) is 5.82 Å². The molecule has 6 heteroatoms. The van der Waals surface area contributed by atoms with E-state index in [9.17, 15) is 4.79 Å². The number of hydrogen-bond donors (Lipinski definition) is 0. The largest absolute Gasteiger partial charge is 0.444 e. The molecule has 1 aromatic heterocycles. The fourth-order valence-corrected chi connectivity index (χ4v) is 1.77. The van der Waals surface area contributed by atoms with Gasteiger partial charge in [0.1, 0.15) is 11.7 Å². The third-order valence-corrected chi connectivity index (χ3v) is 2.59. The molecule has 1 unspecified atom stereocenters. The Morgan fingerprint density at radius 3 is 2.74 bits per heavy atom. The van der Waals surface area contributed by atoms with Gasteiger partial charge in [-0.15, -0.1) is 0 Å². The van der Waals surface area contributed by atoms with Crippen LogP contribution >= 0.6 is 0 Å². The van der Waals surface area contributed by atoms with Crippen LogP contribution in [0.2, 0.25) is 0 Å². The predicted molar refractivity (Wildman–Crippen MR) is 68.5 cm³/mol. The van der Waals surface area contributed by atoms with Gasteiger partial charge < -0.3 is 14.4 Å². The summed E-state index contributed by atoms with van der Waals surface area (Å²) in [5, 5.41) is 0. The zero-order valence-electron chi connectivity index (χ0n) is 11.5. The van der Waals surface area contributed by atoms with Gasteiger partial charge in [-0.05, 0) is 26.8 Å². The zero-order chi connectivity index (χ0) is 13.9. The van der Waals surface area contributed by atoms with E-state index in [0.717, 1.165) is 0 Å². The second-order valence-electron chi connectivity index (χ2n) is 5.39. The van der Waals surface area contributed by atoms with Crippen molar-refractivity contribution >= 4 is 6.09 Å². The van der Waals surface area contributed by atoms with E-state index < -0.39 is 5.60 Å². The number of aromatic nitrogens is 2. The normalized spacial score (nSPS) is 20.2. The number of carbonyl (C=O) groups is 1. The van der Waals surface area contributed by atoms with Crippen LogP contribution in [0.25, 0.3) is 0 Å². The number of rotatable bonds is 1. The maximum absolute atomic E-state index is 12.0. The molecule has 2 heterocycles. The molecule has 0 radical (unpaired) electrons. The van der Waals surface area contributed by atoms with Crippen molar-refractivity contribution in [2.45, 2.75) is 32.5 Å². The number of carbonyl (C=O) groups excluding carboxylic acids is 1. The number of hydrogen-bond acceptors (Lipinski definition) is 5. The van der Waals surface area contributed by atoms with Gasteiger partial charge in [-0.25, -0.2) is 14.8 Å². The fourth-order valence-electron chi connectivity index (χ4n) is 1.77. The standard InChI is InChI=1S/C13H19N3O3/c1-13(2,3)19-12(17)16-7-8-18-10(9-16)11-14-5-4-6-15-11/h4-6,10H,7-9H2,1-3H3. The second-order valence-corrected chi connectivity index (χ2v) is 5.39. The summed E-state index contributed by atoms with van der Waals surface area (Å²) in [5.41, 5.74) is -0.492. The van der Waals surface area contributed by atoms with Gasteiger partial charge in [-0.3, -0.25) is 0 Å². The molecular formula is C13H19N3O3. The molecule has 1 saturated heterocycles. The van der Waals surface area contributed by atoms with E-state index >= 15 is 0 Å². The Morgan fingerprint density at radius 1 is 1.42 bits per heavy atom. The van der Waals surface area contributed by atoms with Gasteiger partial charge in [-0.2, -0.15) is 0 Å². The van der Waals surface area contributed by atoms with Crippen LogP contribution in [-0.2, 0) is 9.47 Å². The summed E-state index contributed by atoms with van der Waals surface area (Å²) in [4.78, 5) is 21.9. The SMILES string of the molecule is CC(C)(C)OC(=O)N1CCOC(c2ncccn2)C1. The monoisotopic (exact) mass is 265 g/mol. The fraction of sp³-hybridized carbons (Fsp3) is 0.615. The van der Waals surface area contributed by atoms with E-state index in [1.807, 2.05) is 20.8 Å². The summed E-state index contributed by atoms with van der Waals surface area (Å²) < 4.78 is 11.0. The number of morpholine rings is 1. The van der Waals surface area contributed by atoms with E-state index in [-0.39, 0.29) is 12.2 Å². The Labute approximate surface area is 112 Å². The van der Waals surface area contributed by atoms with Gasteiger partial charge >= 0.3 is 6.09 Å². The summed E-state index contributed by atoms with van der Waals surface area (Å²) in [7, 11) is 0. The lowest BCUT2D eigenvalue weighted by molar-refractivity contribution is -0.0462. The molecule has 1 aliphatic heterocycles. The molecule has 1 fully saturated rings. The van der Waals surface area contributed by atoms with Crippen molar-refractivity contribution in [3.8, 4) is 0 Å². The Morgan fingerprint density at radius 2 is 2.11 bits per heavy atom. The predicted octanol–water partition coefficient (Wildman–Crippen LogP) is 1.78. The quantitative estimate of drug-likeness (QED) is 0.774. The Bertz CT molecular complexity index is 431. The Balaban J connectivity index is 2.00. The van der Waals surface area contributed by atoms with Crippen LogP contribution in [0.3, 0.4) is 0 Å². The van der Waals surface area contributed by atoms with E-state index in [2.05, 4.69) is 9.97 Å². The lowest BCUT2D eigenvalue weighted by atomic mass is 10.2. The molecule has 19 heavy (non-hydrogen) atoms. The minimum atomic E-state index is -0.492. The molecule has 1 aromatic rings. The number of nitrogens with zero attached hydrogens (tertiary/aromatic N) is 3. The first-order valence-electron chi connectivity index (χ1n) is 6.32. The van der Waals surface area contributed by atoms with E-state index in [4.69, 9.17) is 9.47 Å². The molecule has 2 rings (SSSR count). The molecule has 0 aliphatic carbocycles. The summed E-state index contributed by atoms with van der Waals surface area (Å²) in [6, 6.07) is 1.75. The molecular weight excluding hydrogens is 246 g/mol. The lowest BCUT2D eigenvalue weighted by Gasteiger charge is -2.33. The van der Waals surface area contributed by atoms with Crippen LogP contribution in [0.5, 0.6) is 0 Å². The van der Waals surface area contributed by atoms with Crippen LogP contribution in [0.15, 0.2) is 18.5 Å². The van der Waals surface area contributed by atoms with Crippen molar-refractivity contribution in [3.05, 3.63) is 24.3 Å². The summed E-state index contributed by atoms with van der Waals surface area (Å²) >= 11 is 0. The van der Waals surface area contributed by atoms with Crippen LogP contribution in [0, 0.1) is 0 Å². The molecule has 0 N–H and O–H groups in total. The average molecular weight is 265 g/mol. The van der Waals surface area contributed by atoms with Crippen molar-refractivity contribution < 1.29 is 14.3 Å². The second kappa shape index (κ2) is 5.52. The highest BCUT2D eigenvalue weighted by atomic mass is 16.6. The Hall–Kier alpha value is -1.69. The summed E-state index contributed by atoms with van der Waals surface area (Å²) in [6.07, 6.45) is 2.72. The lowest BCUT2D eigenvalue weighted by Crippen LogP contribution is -2.45. The van der Waals surface area contributed by atoms with Crippen molar-refractivity contribution in [1.29, 1.82) is 0 Å². The molecule has 0 spiro atoms. The molecule has 0 saturated carbocycles. The van der Waals surface area contributed by atoms with Gasteiger partial charge in [0.2, 0.25) is 0 Å². The first-order chi connectivity index (χ1) is 8.96. The maximum atomic E-state index is 12.0. The molecule has 6 nitrogen and oxygen atoms in total. The van der Waals surface area contributed by atoms with Crippen LogP contribution in [-0.4, -0.2) is 46.3 Å². The first kappa shape index (κ1) is 13.7. The van der Waals surface area contributed by atoms with Crippen molar-refractivity contribution in [3.63, 3.8) is 0 Å². The molecule has 0 bridgehead atoms. The van der Waals surface area contributed by atoms with Gasteiger partial charge in [0.05, 0.1) is 13.2 Å². The zero-order valence-corrected chi connectivity index (χ0v) is 11.5. The third kappa shape index (κ3) is 3.89. The van der Waals surface area contributed by atoms with E-state index in [1.165, 1.54) is 0 Å². The van der Waals surface area contributed by atoms with Crippen LogP contribution < -0.4 is 0 Å². The smallest absolute Gasteiger partial charge is 0.410 e. The van der Waals surface area contributed by atoms with Crippen molar-refractivity contribution in [2.75, 3.05) is 19.7 Å². The molecule has 1 atom stereocenters. The summed E-state index contributed by atoms with van der Waals surface area (Å²) in [6.45, 7) is 6.95. The topological polar surface area (TPSA) is 64.5 Å². The van der Waals surface area contributed by atoms with E-state index in [1.54, 1.807) is 23.4 Å². The Kier molecular flexibility index (Phi) is 3.99. The van der Waals surface area contributed by atoms with Crippen LogP contribution in [0.1, 0.15) is 32.7 Å². The van der Waals surface area contributed by atoms with Crippen molar-refractivity contribution in [1.82, 2.24) is 14.9 Å². The highest BCUT2D eigenvalue weighted by Gasteiger charge is 2.29. The van der Waals surface area contributed by atoms with Crippen molar-refractivity contribution in [2.24, 2.45) is 0 Å². The van der Waals surface area contributed by atoms with Gasteiger partial charge in [-0.1, -0.05) is 0 Å². The number of amides is 1. The third-order valence-electron chi connectivity index (χ3n) is 2.59. The average Bonchev–Trinajstić information content (AvgIpc) is 2.38. The number of ether oxygens (including phenoxy) is 2. The van der Waals surface area contributed by atoms with Gasteiger partial charge in [0, 0.05) is 18.9 Å². The van der Waals surface area contributed by atoms with Crippen LogP contribution in [0.4, 0.5) is 4.79 Å². The van der Waals surface area contributed by atoms with Gasteiger partial charge in [0.25, 0.3) is 0 Å². The first-order valence-corrected chi connectivity index (χ1v) is 6.32.